The molecule has 0 N–H and O–H groups in total. The Morgan fingerprint density at radius 1 is 1.11 bits per heavy atom. The Labute approximate surface area is 110 Å². The largest absolute Gasteiger partial charge is 0.197 e. The molecule has 0 aliphatic heterocycles. The molecule has 0 aliphatic rings. The van der Waals surface area contributed by atoms with Gasteiger partial charge >= 0.3 is 0 Å². The van der Waals surface area contributed by atoms with Gasteiger partial charge in [-0.05, 0) is 28.4 Å². The van der Waals surface area contributed by atoms with Crippen molar-refractivity contribution in [2.75, 3.05) is 0 Å². The van der Waals surface area contributed by atoms with Gasteiger partial charge in [-0.2, -0.15) is 5.26 Å². The summed E-state index contributed by atoms with van der Waals surface area (Å²) in [5, 5.41) is 12.3. The van der Waals surface area contributed by atoms with Crippen LogP contribution in [0.15, 0.2) is 53.7 Å². The van der Waals surface area contributed by atoms with Gasteiger partial charge in [0.2, 0.25) is 0 Å². The van der Waals surface area contributed by atoms with Gasteiger partial charge in [0, 0.05) is 0 Å². The molecule has 0 amide bonds. The molecule has 0 spiro atoms. The molecule has 0 fully saturated rings. The topological polar surface area (TPSA) is 53.2 Å². The molecule has 0 saturated heterocycles. The average Bonchev–Trinajstić information content (AvgIpc) is 2.41. The van der Waals surface area contributed by atoms with Gasteiger partial charge in [-0.1, -0.05) is 48.0 Å². The molecule has 3 nitrogen and oxygen atoms in total. The van der Waals surface area contributed by atoms with Gasteiger partial charge in [-0.15, -0.1) is 4.91 Å². The molecule has 0 radical (unpaired) electrons. The normalized spacial score (nSPS) is 11.6. The summed E-state index contributed by atoms with van der Waals surface area (Å²) in [4.78, 5) is 10.4. The molecule has 2 rings (SSSR count). The first kappa shape index (κ1) is 12.3. The molecule has 88 valence electrons. The number of hydrogen-bond donors (Lipinski definition) is 0. The third kappa shape index (κ3) is 2.39. The first-order valence-corrected chi connectivity index (χ1v) is 5.71. The number of nitroso groups, excluding NO2 is 1. The summed E-state index contributed by atoms with van der Waals surface area (Å²) in [6.07, 6.45) is 0. The van der Waals surface area contributed by atoms with Gasteiger partial charge in [-0.3, -0.25) is 0 Å². The molecular formula is C14H9ClN2O. The summed E-state index contributed by atoms with van der Waals surface area (Å²) < 4.78 is 0. The smallest absolute Gasteiger partial charge is 0.126 e. The van der Waals surface area contributed by atoms with Crippen LogP contribution in [0.3, 0.4) is 0 Å². The second-order valence-corrected chi connectivity index (χ2v) is 4.18. The van der Waals surface area contributed by atoms with Crippen molar-refractivity contribution in [3.63, 3.8) is 0 Å². The summed E-state index contributed by atoms with van der Waals surface area (Å²) in [5.74, 6) is -0.399. The number of nitriles is 1. The van der Waals surface area contributed by atoms with E-state index in [1.165, 1.54) is 6.07 Å². The van der Waals surface area contributed by atoms with Gasteiger partial charge in [-0.25, -0.2) is 0 Å². The van der Waals surface area contributed by atoms with Crippen LogP contribution in [-0.4, -0.2) is 0 Å². The maximum absolute atomic E-state index is 10.4. The van der Waals surface area contributed by atoms with Crippen LogP contribution in [0.5, 0.6) is 0 Å². The highest BCUT2D eigenvalue weighted by atomic mass is 35.5. The lowest BCUT2D eigenvalue weighted by molar-refractivity contribution is 1.04. The third-order valence-electron chi connectivity index (χ3n) is 2.67. The lowest BCUT2D eigenvalue weighted by Crippen LogP contribution is -1.97. The monoisotopic (exact) mass is 256 g/mol. The summed E-state index contributed by atoms with van der Waals surface area (Å²) >= 11 is 5.91. The van der Waals surface area contributed by atoms with Gasteiger partial charge in [0.25, 0.3) is 0 Å². The Morgan fingerprint density at radius 2 is 1.83 bits per heavy atom. The Balaban J connectivity index is 2.44. The fraction of sp³-hybridized carbons (Fsp3) is 0.0714. The molecule has 0 bridgehead atoms. The summed E-state index contributed by atoms with van der Waals surface area (Å²) in [6.45, 7) is 0. The van der Waals surface area contributed by atoms with Crippen molar-refractivity contribution in [2.24, 2.45) is 5.18 Å². The molecule has 1 unspecified atom stereocenters. The molecule has 2 aromatic carbocycles. The molecule has 0 saturated carbocycles. The van der Waals surface area contributed by atoms with Gasteiger partial charge in [0.05, 0.1) is 17.0 Å². The Morgan fingerprint density at radius 3 is 2.39 bits per heavy atom. The zero-order chi connectivity index (χ0) is 13.0. The van der Waals surface area contributed by atoms with Crippen LogP contribution in [0.25, 0.3) is 0 Å². The fourth-order valence-electron chi connectivity index (χ4n) is 1.76. The highest BCUT2D eigenvalue weighted by Gasteiger charge is 2.14. The molecule has 0 heterocycles. The fourth-order valence-corrected chi connectivity index (χ4v) is 1.99. The molecule has 0 aromatic heterocycles. The van der Waals surface area contributed by atoms with Crippen molar-refractivity contribution in [1.29, 1.82) is 5.26 Å². The van der Waals surface area contributed by atoms with Crippen molar-refractivity contribution < 1.29 is 0 Å². The van der Waals surface area contributed by atoms with E-state index in [9.17, 15) is 10.2 Å². The van der Waals surface area contributed by atoms with E-state index in [2.05, 4.69) is 11.2 Å². The minimum Gasteiger partial charge on any atom is -0.197 e. The Kier molecular flexibility index (Phi) is 3.71. The van der Waals surface area contributed by atoms with E-state index in [0.717, 1.165) is 11.1 Å². The number of hydrogen-bond acceptors (Lipinski definition) is 3. The van der Waals surface area contributed by atoms with E-state index in [4.69, 9.17) is 11.6 Å². The van der Waals surface area contributed by atoms with Crippen molar-refractivity contribution in [1.82, 2.24) is 0 Å². The predicted octanol–water partition coefficient (Wildman–Crippen LogP) is 4.39. The first-order chi connectivity index (χ1) is 8.76. The summed E-state index contributed by atoms with van der Waals surface area (Å²) in [6, 6.07) is 16.5. The second kappa shape index (κ2) is 5.44. The first-order valence-electron chi connectivity index (χ1n) is 5.33. The zero-order valence-electron chi connectivity index (χ0n) is 9.38. The van der Waals surface area contributed by atoms with Crippen LogP contribution in [0.1, 0.15) is 17.0 Å². The van der Waals surface area contributed by atoms with Crippen LogP contribution in [0.4, 0.5) is 5.69 Å². The maximum Gasteiger partial charge on any atom is 0.126 e. The van der Waals surface area contributed by atoms with Crippen LogP contribution in [0.2, 0.25) is 5.02 Å². The van der Waals surface area contributed by atoms with E-state index >= 15 is 0 Å². The van der Waals surface area contributed by atoms with Crippen LogP contribution in [0, 0.1) is 16.2 Å². The van der Waals surface area contributed by atoms with Crippen LogP contribution >= 0.6 is 11.6 Å². The van der Waals surface area contributed by atoms with E-state index in [1.54, 1.807) is 12.1 Å². The quantitative estimate of drug-likeness (QED) is 0.765. The van der Waals surface area contributed by atoms with Crippen molar-refractivity contribution in [2.45, 2.75) is 5.92 Å². The average molecular weight is 257 g/mol. The lowest BCUT2D eigenvalue weighted by Gasteiger charge is -2.10. The summed E-state index contributed by atoms with van der Waals surface area (Å²) in [5.41, 5.74) is 1.83. The van der Waals surface area contributed by atoms with Crippen LogP contribution in [-0.2, 0) is 0 Å². The highest BCUT2D eigenvalue weighted by Crippen LogP contribution is 2.31. The van der Waals surface area contributed by atoms with E-state index in [-0.39, 0.29) is 10.7 Å². The molecule has 2 aromatic rings. The summed E-state index contributed by atoms with van der Waals surface area (Å²) in [7, 11) is 0. The standard InChI is InChI=1S/C14H9ClN2O/c15-13-8-11(6-7-14(13)17-18)12(9-16)10-4-2-1-3-5-10/h1-8,12H. The van der Waals surface area contributed by atoms with Gasteiger partial charge in [0.15, 0.2) is 0 Å². The van der Waals surface area contributed by atoms with E-state index < -0.39 is 5.92 Å². The van der Waals surface area contributed by atoms with Gasteiger partial charge < -0.3 is 0 Å². The molecule has 4 heteroatoms. The number of benzene rings is 2. The SMILES string of the molecule is N#CC(c1ccccc1)c1ccc(N=O)c(Cl)c1. The van der Waals surface area contributed by atoms with Crippen LogP contribution < -0.4 is 0 Å². The van der Waals surface area contributed by atoms with Crippen molar-refractivity contribution in [3.05, 3.63) is 69.6 Å². The predicted molar refractivity (Wildman–Crippen MR) is 70.8 cm³/mol. The van der Waals surface area contributed by atoms with Crippen molar-refractivity contribution in [3.8, 4) is 6.07 Å². The number of halogens is 1. The molecular weight excluding hydrogens is 248 g/mol. The number of rotatable bonds is 3. The lowest BCUT2D eigenvalue weighted by atomic mass is 9.92. The highest BCUT2D eigenvalue weighted by molar-refractivity contribution is 6.33. The molecule has 1 atom stereocenters. The minimum absolute atomic E-state index is 0.185. The third-order valence-corrected chi connectivity index (χ3v) is 2.97. The second-order valence-electron chi connectivity index (χ2n) is 3.77. The van der Waals surface area contributed by atoms with E-state index in [0.29, 0.717) is 0 Å². The molecule has 0 aliphatic carbocycles. The molecule has 18 heavy (non-hydrogen) atoms. The Hall–Kier alpha value is -2.18. The number of nitrogens with zero attached hydrogens (tertiary/aromatic N) is 2. The minimum atomic E-state index is -0.399. The Bertz CT molecular complexity index is 605. The maximum atomic E-state index is 10.4. The van der Waals surface area contributed by atoms with E-state index in [1.807, 2.05) is 30.3 Å². The zero-order valence-corrected chi connectivity index (χ0v) is 10.1. The van der Waals surface area contributed by atoms with Gasteiger partial charge in [0.1, 0.15) is 5.69 Å². The van der Waals surface area contributed by atoms with Crippen molar-refractivity contribution >= 4 is 17.3 Å².